The molecule has 1 aromatic heterocycles. The summed E-state index contributed by atoms with van der Waals surface area (Å²) in [5.41, 5.74) is 9.66. The minimum Gasteiger partial charge on any atom is -0.330 e. The zero-order chi connectivity index (χ0) is 15.9. The first-order valence-electron chi connectivity index (χ1n) is 7.71. The number of nitrogens with two attached hydrogens (primary N) is 1. The van der Waals surface area contributed by atoms with Gasteiger partial charge in [-0.1, -0.05) is 32.0 Å². The highest BCUT2D eigenvalue weighted by Gasteiger charge is 2.12. The van der Waals surface area contributed by atoms with Crippen LogP contribution in [-0.4, -0.2) is 17.4 Å². The van der Waals surface area contributed by atoms with Gasteiger partial charge in [0.1, 0.15) is 0 Å². The van der Waals surface area contributed by atoms with Gasteiger partial charge in [0, 0.05) is 17.5 Å². The molecule has 0 bridgehead atoms. The lowest BCUT2D eigenvalue weighted by atomic mass is 10.0. The number of anilines is 1. The smallest absolute Gasteiger partial charge is 0.230 e. The van der Waals surface area contributed by atoms with Crippen molar-refractivity contribution in [2.75, 3.05) is 11.9 Å². The maximum Gasteiger partial charge on any atom is 0.230 e. The Morgan fingerprint density at radius 2 is 1.95 bits per heavy atom. The monoisotopic (exact) mass is 317 g/mol. The molecule has 0 aliphatic carbocycles. The number of hydrogen-bond acceptors (Lipinski definition) is 4. The fourth-order valence-electron chi connectivity index (χ4n) is 2.42. The Balaban J connectivity index is 2.08. The zero-order valence-electron chi connectivity index (χ0n) is 13.2. The fraction of sp³-hybridized carbons (Fsp3) is 0.412. The molecule has 0 fully saturated rings. The summed E-state index contributed by atoms with van der Waals surface area (Å²) in [6, 6.07) is 6.18. The molecule has 0 aliphatic heterocycles. The van der Waals surface area contributed by atoms with Crippen molar-refractivity contribution in [1.29, 1.82) is 0 Å². The first kappa shape index (κ1) is 16.6. The third-order valence-corrected chi connectivity index (χ3v) is 4.52. The maximum atomic E-state index is 12.3. The normalized spacial score (nSPS) is 10.7. The van der Waals surface area contributed by atoms with Crippen molar-refractivity contribution in [3.63, 3.8) is 0 Å². The predicted molar refractivity (Wildman–Crippen MR) is 92.4 cm³/mol. The van der Waals surface area contributed by atoms with Crippen LogP contribution in [0, 0.1) is 0 Å². The first-order chi connectivity index (χ1) is 10.7. The van der Waals surface area contributed by atoms with Crippen LogP contribution in [0.3, 0.4) is 0 Å². The van der Waals surface area contributed by atoms with Crippen LogP contribution >= 0.6 is 11.3 Å². The van der Waals surface area contributed by atoms with Crippen LogP contribution in [-0.2, 0) is 30.5 Å². The molecule has 3 N–H and O–H groups in total. The van der Waals surface area contributed by atoms with Gasteiger partial charge in [-0.3, -0.25) is 4.79 Å². The van der Waals surface area contributed by atoms with E-state index in [0.717, 1.165) is 35.7 Å². The lowest BCUT2D eigenvalue weighted by molar-refractivity contribution is -0.115. The van der Waals surface area contributed by atoms with Gasteiger partial charge in [0.2, 0.25) is 5.91 Å². The Bertz CT molecular complexity index is 614. The number of amides is 1. The summed E-state index contributed by atoms with van der Waals surface area (Å²) in [6.45, 7) is 4.79. The van der Waals surface area contributed by atoms with Gasteiger partial charge in [-0.15, -0.1) is 11.3 Å². The number of aromatic nitrogens is 1. The zero-order valence-corrected chi connectivity index (χ0v) is 14.0. The minimum atomic E-state index is -0.0137. The molecule has 1 heterocycles. The average Bonchev–Trinajstić information content (AvgIpc) is 2.94. The van der Waals surface area contributed by atoms with Crippen LogP contribution in [0.25, 0.3) is 0 Å². The molecule has 2 aromatic rings. The van der Waals surface area contributed by atoms with Gasteiger partial charge in [0.05, 0.1) is 17.1 Å². The number of nitrogens with one attached hydrogen (secondary N) is 1. The standard InChI is InChI=1S/C17H23N3OS/c1-3-12-6-5-7-13(4-2)17(12)20-15(21)10-14-11-22-16(19-14)8-9-18/h5-7,11H,3-4,8-10,18H2,1-2H3,(H,20,21). The highest BCUT2D eigenvalue weighted by Crippen LogP contribution is 2.23. The van der Waals surface area contributed by atoms with E-state index in [1.165, 1.54) is 11.1 Å². The summed E-state index contributed by atoms with van der Waals surface area (Å²) in [5.74, 6) is -0.0137. The van der Waals surface area contributed by atoms with Crippen molar-refractivity contribution in [1.82, 2.24) is 4.98 Å². The number of rotatable bonds is 7. The molecule has 0 saturated heterocycles. The molecule has 2 rings (SSSR count). The molecule has 1 amide bonds. The number of benzene rings is 1. The topological polar surface area (TPSA) is 68.0 Å². The summed E-state index contributed by atoms with van der Waals surface area (Å²) in [7, 11) is 0. The summed E-state index contributed by atoms with van der Waals surface area (Å²) in [4.78, 5) is 16.8. The molecule has 0 saturated carbocycles. The van der Waals surface area contributed by atoms with Crippen LogP contribution in [0.15, 0.2) is 23.6 Å². The molecule has 0 radical (unpaired) electrons. The van der Waals surface area contributed by atoms with Gasteiger partial charge >= 0.3 is 0 Å². The Kier molecular flexibility index (Phi) is 6.10. The van der Waals surface area contributed by atoms with E-state index < -0.39 is 0 Å². The summed E-state index contributed by atoms with van der Waals surface area (Å²) in [6.07, 6.45) is 2.88. The second kappa shape index (κ2) is 8.06. The predicted octanol–water partition coefficient (Wildman–Crippen LogP) is 2.95. The van der Waals surface area contributed by atoms with Gasteiger partial charge in [0.25, 0.3) is 0 Å². The number of carbonyl (C=O) groups is 1. The van der Waals surface area contributed by atoms with Crippen LogP contribution in [0.1, 0.15) is 35.7 Å². The largest absolute Gasteiger partial charge is 0.330 e. The molecule has 0 atom stereocenters. The lowest BCUT2D eigenvalue weighted by Gasteiger charge is -2.14. The van der Waals surface area contributed by atoms with Crippen LogP contribution in [0.4, 0.5) is 5.69 Å². The summed E-state index contributed by atoms with van der Waals surface area (Å²) in [5, 5.41) is 6.01. The molecule has 118 valence electrons. The number of carbonyl (C=O) groups excluding carboxylic acids is 1. The molecular formula is C17H23N3OS. The lowest BCUT2D eigenvalue weighted by Crippen LogP contribution is -2.17. The van der Waals surface area contributed by atoms with Crippen molar-refractivity contribution in [3.8, 4) is 0 Å². The van der Waals surface area contributed by atoms with E-state index in [4.69, 9.17) is 5.73 Å². The number of thiazole rings is 1. The van der Waals surface area contributed by atoms with Crippen molar-refractivity contribution >= 4 is 22.9 Å². The minimum absolute atomic E-state index is 0.0137. The second-order valence-corrected chi connectivity index (χ2v) is 6.10. The highest BCUT2D eigenvalue weighted by molar-refractivity contribution is 7.09. The molecule has 22 heavy (non-hydrogen) atoms. The van der Waals surface area contributed by atoms with Crippen molar-refractivity contribution < 1.29 is 4.79 Å². The summed E-state index contributed by atoms with van der Waals surface area (Å²) >= 11 is 1.57. The van der Waals surface area contributed by atoms with Crippen molar-refractivity contribution in [3.05, 3.63) is 45.4 Å². The highest BCUT2D eigenvalue weighted by atomic mass is 32.1. The molecular weight excluding hydrogens is 294 g/mol. The van der Waals surface area contributed by atoms with E-state index in [1.54, 1.807) is 11.3 Å². The molecule has 1 aromatic carbocycles. The van der Waals surface area contributed by atoms with Gasteiger partial charge in [-0.05, 0) is 30.5 Å². The molecule has 4 nitrogen and oxygen atoms in total. The number of aryl methyl sites for hydroxylation is 2. The SMILES string of the molecule is CCc1cccc(CC)c1NC(=O)Cc1csc(CCN)n1. The van der Waals surface area contributed by atoms with E-state index in [0.29, 0.717) is 13.0 Å². The maximum absolute atomic E-state index is 12.3. The van der Waals surface area contributed by atoms with E-state index in [-0.39, 0.29) is 5.91 Å². The third-order valence-electron chi connectivity index (χ3n) is 3.56. The van der Waals surface area contributed by atoms with Gasteiger partial charge in [-0.2, -0.15) is 0 Å². The van der Waals surface area contributed by atoms with Gasteiger partial charge in [-0.25, -0.2) is 4.98 Å². The Morgan fingerprint density at radius 3 is 2.55 bits per heavy atom. The second-order valence-electron chi connectivity index (χ2n) is 5.15. The molecule has 0 spiro atoms. The quantitative estimate of drug-likeness (QED) is 0.825. The Morgan fingerprint density at radius 1 is 1.27 bits per heavy atom. The number of nitrogens with zero attached hydrogens (tertiary/aromatic N) is 1. The Labute approximate surface area is 135 Å². The summed E-state index contributed by atoms with van der Waals surface area (Å²) < 4.78 is 0. The Hall–Kier alpha value is -1.72. The first-order valence-corrected chi connectivity index (χ1v) is 8.59. The molecule has 5 heteroatoms. The fourth-order valence-corrected chi connectivity index (χ4v) is 3.23. The van der Waals surface area contributed by atoms with Crippen molar-refractivity contribution in [2.45, 2.75) is 39.5 Å². The van der Waals surface area contributed by atoms with E-state index in [9.17, 15) is 4.79 Å². The number of para-hydroxylation sites is 1. The molecule has 0 aliphatic rings. The number of hydrogen-bond donors (Lipinski definition) is 2. The van der Waals surface area contributed by atoms with Crippen LogP contribution in [0.2, 0.25) is 0 Å². The average molecular weight is 317 g/mol. The van der Waals surface area contributed by atoms with E-state index in [1.807, 2.05) is 11.4 Å². The van der Waals surface area contributed by atoms with Gasteiger partial charge < -0.3 is 11.1 Å². The van der Waals surface area contributed by atoms with Crippen molar-refractivity contribution in [2.24, 2.45) is 5.73 Å². The van der Waals surface area contributed by atoms with Crippen LogP contribution < -0.4 is 11.1 Å². The van der Waals surface area contributed by atoms with E-state index >= 15 is 0 Å². The van der Waals surface area contributed by atoms with Gasteiger partial charge in [0.15, 0.2) is 0 Å². The molecule has 0 unspecified atom stereocenters. The third kappa shape index (κ3) is 4.15. The van der Waals surface area contributed by atoms with Crippen LogP contribution in [0.5, 0.6) is 0 Å². The van der Waals surface area contributed by atoms with E-state index in [2.05, 4.69) is 36.3 Å².